The molecule has 1 heteroatoms. The van der Waals surface area contributed by atoms with Crippen LogP contribution in [0.25, 0.3) is 0 Å². The predicted molar refractivity (Wildman–Crippen MR) is 112 cm³/mol. The van der Waals surface area contributed by atoms with E-state index in [1.165, 1.54) is 38.5 Å². The van der Waals surface area contributed by atoms with Gasteiger partial charge in [0.15, 0.2) is 0 Å². The van der Waals surface area contributed by atoms with Crippen molar-refractivity contribution in [3.63, 3.8) is 0 Å². The molecule has 4 aliphatic rings. The first kappa shape index (κ1) is 18.7. The van der Waals surface area contributed by atoms with E-state index >= 15 is 0 Å². The van der Waals surface area contributed by atoms with Crippen LogP contribution in [-0.2, 0) is 0 Å². The third kappa shape index (κ3) is 5.20. The number of hydrogen-bond donors (Lipinski definition) is 0. The predicted octanol–water partition coefficient (Wildman–Crippen LogP) is 8.00. The maximum Gasteiger partial charge on any atom is 0.00500 e. The van der Waals surface area contributed by atoms with E-state index in [9.17, 15) is 0 Å². The van der Waals surface area contributed by atoms with Gasteiger partial charge in [0.05, 0.1) is 0 Å². The summed E-state index contributed by atoms with van der Waals surface area (Å²) in [4.78, 5) is 0. The molecule has 0 saturated heterocycles. The molecule has 0 bridgehead atoms. The minimum atomic E-state index is 1.02. The van der Waals surface area contributed by atoms with E-state index < -0.39 is 0 Å². The number of thioether (sulfide) groups is 1. The van der Waals surface area contributed by atoms with E-state index in [-0.39, 0.29) is 0 Å². The third-order valence-corrected chi connectivity index (χ3v) is 10.2. The van der Waals surface area contributed by atoms with E-state index in [1.54, 1.807) is 77.0 Å². The molecule has 0 aliphatic heterocycles. The van der Waals surface area contributed by atoms with Gasteiger partial charge in [0.1, 0.15) is 0 Å². The second kappa shape index (κ2) is 9.52. The lowest BCUT2D eigenvalue weighted by atomic mass is 9.73. The summed E-state index contributed by atoms with van der Waals surface area (Å²) in [6, 6.07) is 0. The fraction of sp³-hybridized carbons (Fsp3) is 1.00. The van der Waals surface area contributed by atoms with Gasteiger partial charge in [-0.1, -0.05) is 64.2 Å². The molecule has 0 aromatic rings. The van der Waals surface area contributed by atoms with Crippen LogP contribution in [-0.4, -0.2) is 10.5 Å². The van der Waals surface area contributed by atoms with Gasteiger partial charge >= 0.3 is 0 Å². The van der Waals surface area contributed by atoms with Gasteiger partial charge in [-0.05, 0) is 75.0 Å². The Morgan fingerprint density at radius 1 is 0.320 bits per heavy atom. The lowest BCUT2D eigenvalue weighted by molar-refractivity contribution is 0.195. The van der Waals surface area contributed by atoms with Gasteiger partial charge < -0.3 is 0 Å². The Labute approximate surface area is 161 Å². The summed E-state index contributed by atoms with van der Waals surface area (Å²) >= 11 is 2.44. The van der Waals surface area contributed by atoms with Crippen molar-refractivity contribution >= 4 is 11.8 Å². The first-order valence-corrected chi connectivity index (χ1v) is 13.0. The van der Waals surface area contributed by atoms with E-state index in [1.807, 2.05) is 0 Å². The van der Waals surface area contributed by atoms with Crippen LogP contribution in [0.15, 0.2) is 0 Å². The van der Waals surface area contributed by atoms with Crippen molar-refractivity contribution in [3.05, 3.63) is 0 Å². The smallest absolute Gasteiger partial charge is 0.00500 e. The maximum atomic E-state index is 2.44. The summed E-state index contributed by atoms with van der Waals surface area (Å²) in [5.41, 5.74) is 0. The Morgan fingerprint density at radius 3 is 1.00 bits per heavy atom. The highest BCUT2D eigenvalue weighted by atomic mass is 32.2. The van der Waals surface area contributed by atoms with E-state index in [2.05, 4.69) is 11.8 Å². The van der Waals surface area contributed by atoms with Gasteiger partial charge in [-0.15, -0.1) is 0 Å². The second-order valence-corrected chi connectivity index (χ2v) is 11.6. The van der Waals surface area contributed by atoms with Crippen LogP contribution in [0.2, 0.25) is 0 Å². The quantitative estimate of drug-likeness (QED) is 0.488. The molecule has 0 nitrogen and oxygen atoms in total. The molecule has 4 saturated carbocycles. The first-order chi connectivity index (χ1) is 12.4. The average Bonchev–Trinajstić information content (AvgIpc) is 2.71. The van der Waals surface area contributed by atoms with Crippen molar-refractivity contribution in [1.29, 1.82) is 0 Å². The van der Waals surface area contributed by atoms with Crippen LogP contribution in [0.1, 0.15) is 116 Å². The topological polar surface area (TPSA) is 0 Å². The van der Waals surface area contributed by atoms with Crippen LogP contribution in [0.4, 0.5) is 0 Å². The maximum absolute atomic E-state index is 2.44. The highest BCUT2D eigenvalue weighted by Crippen LogP contribution is 2.45. The monoisotopic (exact) mass is 362 g/mol. The molecule has 144 valence electrons. The van der Waals surface area contributed by atoms with Gasteiger partial charge in [0, 0.05) is 10.5 Å². The molecule has 0 N–H and O–H groups in total. The minimum absolute atomic E-state index is 1.02. The summed E-state index contributed by atoms with van der Waals surface area (Å²) in [5.74, 6) is 4.45. The molecule has 0 aromatic carbocycles. The van der Waals surface area contributed by atoms with Gasteiger partial charge in [-0.25, -0.2) is 0 Å². The van der Waals surface area contributed by atoms with Crippen molar-refractivity contribution in [2.45, 2.75) is 126 Å². The van der Waals surface area contributed by atoms with E-state index in [4.69, 9.17) is 0 Å². The molecule has 4 fully saturated rings. The average molecular weight is 363 g/mol. The Kier molecular flexibility index (Phi) is 7.12. The summed E-state index contributed by atoms with van der Waals surface area (Å²) in [6.07, 6.45) is 27.9. The molecular weight excluding hydrogens is 320 g/mol. The molecule has 0 aromatic heterocycles. The molecule has 4 aliphatic carbocycles. The lowest BCUT2D eigenvalue weighted by Crippen LogP contribution is -2.28. The molecule has 4 rings (SSSR count). The Hall–Kier alpha value is 0.350. The fourth-order valence-corrected chi connectivity index (χ4v) is 8.51. The van der Waals surface area contributed by atoms with Gasteiger partial charge in [-0.2, -0.15) is 11.8 Å². The Balaban J connectivity index is 1.14. The van der Waals surface area contributed by atoms with Crippen LogP contribution in [0.5, 0.6) is 0 Å². The van der Waals surface area contributed by atoms with Crippen LogP contribution < -0.4 is 0 Å². The molecular formula is C24H42S. The minimum Gasteiger partial charge on any atom is -0.155 e. The van der Waals surface area contributed by atoms with Crippen molar-refractivity contribution in [2.75, 3.05) is 0 Å². The Morgan fingerprint density at radius 2 is 0.640 bits per heavy atom. The van der Waals surface area contributed by atoms with Gasteiger partial charge in [0.2, 0.25) is 0 Å². The molecule has 0 amide bonds. The molecule has 25 heavy (non-hydrogen) atoms. The normalized spacial score (nSPS) is 39.4. The zero-order chi connectivity index (χ0) is 16.9. The first-order valence-electron chi connectivity index (χ1n) is 12.0. The summed E-state index contributed by atoms with van der Waals surface area (Å²) in [6.45, 7) is 0. The summed E-state index contributed by atoms with van der Waals surface area (Å²) < 4.78 is 0. The number of hydrogen-bond acceptors (Lipinski definition) is 1. The molecule has 0 unspecified atom stereocenters. The zero-order valence-electron chi connectivity index (χ0n) is 16.6. The van der Waals surface area contributed by atoms with Gasteiger partial charge in [0.25, 0.3) is 0 Å². The van der Waals surface area contributed by atoms with E-state index in [0.717, 1.165) is 34.2 Å². The Bertz CT molecular complexity index is 328. The molecule has 0 radical (unpaired) electrons. The fourth-order valence-electron chi connectivity index (χ4n) is 6.88. The van der Waals surface area contributed by atoms with Crippen LogP contribution in [0, 0.1) is 23.7 Å². The number of rotatable bonds is 4. The van der Waals surface area contributed by atoms with Crippen molar-refractivity contribution in [2.24, 2.45) is 23.7 Å². The largest absolute Gasteiger partial charge is 0.155 e. The van der Waals surface area contributed by atoms with Gasteiger partial charge in [-0.3, -0.25) is 0 Å². The van der Waals surface area contributed by atoms with Crippen molar-refractivity contribution in [3.8, 4) is 0 Å². The highest BCUT2D eigenvalue weighted by Gasteiger charge is 2.32. The SMILES string of the molecule is C1CCC(C2CCC(SC3CCC(C4CCCCC4)CC3)CC2)CC1. The summed E-state index contributed by atoms with van der Waals surface area (Å²) in [7, 11) is 0. The zero-order valence-corrected chi connectivity index (χ0v) is 17.4. The lowest BCUT2D eigenvalue weighted by Gasteiger charge is -2.39. The second-order valence-electron chi connectivity index (χ2n) is 10.0. The van der Waals surface area contributed by atoms with Crippen LogP contribution >= 0.6 is 11.8 Å². The standard InChI is InChI=1S/C24H42S/c1-3-7-19(8-4-1)21-11-15-23(16-12-21)25-24-17-13-22(14-18-24)20-9-5-2-6-10-20/h19-24H,1-18H2. The molecule has 0 atom stereocenters. The van der Waals surface area contributed by atoms with Crippen molar-refractivity contribution < 1.29 is 0 Å². The molecule has 0 heterocycles. The summed E-state index contributed by atoms with van der Waals surface area (Å²) in [5, 5.41) is 2.05. The third-order valence-electron chi connectivity index (χ3n) is 8.46. The van der Waals surface area contributed by atoms with Crippen LogP contribution in [0.3, 0.4) is 0 Å². The van der Waals surface area contributed by atoms with Crippen molar-refractivity contribution in [1.82, 2.24) is 0 Å². The molecule has 0 spiro atoms. The van der Waals surface area contributed by atoms with E-state index in [0.29, 0.717) is 0 Å². The highest BCUT2D eigenvalue weighted by molar-refractivity contribution is 8.00.